The number of hydrogen-bond donors (Lipinski definition) is 2. The van der Waals surface area contributed by atoms with Gasteiger partial charge in [0.1, 0.15) is 0 Å². The van der Waals surface area contributed by atoms with Crippen LogP contribution in [-0.4, -0.2) is 39.6 Å². The summed E-state index contributed by atoms with van der Waals surface area (Å²) in [5.41, 5.74) is 2.71. The van der Waals surface area contributed by atoms with Crippen LogP contribution in [0.1, 0.15) is 91.2 Å². The topological polar surface area (TPSA) is 77.8 Å². The smallest absolute Gasteiger partial charge is 0.306 e. The van der Waals surface area contributed by atoms with Crippen LogP contribution in [0.3, 0.4) is 0 Å². The van der Waals surface area contributed by atoms with E-state index in [4.69, 9.17) is 11.6 Å². The highest BCUT2D eigenvalue weighted by atomic mass is 35.5. The summed E-state index contributed by atoms with van der Waals surface area (Å²) in [4.78, 5) is 26.5. The maximum atomic E-state index is 13.4. The molecule has 3 rings (SSSR count). The van der Waals surface area contributed by atoms with E-state index in [0.717, 1.165) is 41.0 Å². The number of carbonyl (C=O) groups excluding carboxylic acids is 1. The Balaban J connectivity index is 1.98. The van der Waals surface area contributed by atoms with Crippen LogP contribution in [0.15, 0.2) is 30.0 Å². The lowest BCUT2D eigenvalue weighted by Gasteiger charge is -2.49. The molecule has 0 radical (unpaired) electrons. The molecule has 0 saturated heterocycles. The standard InChI is InChI=1S/C29H42ClNO4/c1-27(2,3)12-10-19-8-9-21(16-23(19)30)29(6)17-25(33)31(22-14-20(15-22)26(34)35)18-24(29)28(4,5)11-7-13-32/h8-9,16,18,20,22,32H,7,10-15,17H2,1-6H3,(H,34,35). The van der Waals surface area contributed by atoms with Crippen molar-refractivity contribution in [3.63, 3.8) is 0 Å². The quantitative estimate of drug-likeness (QED) is 0.411. The number of hydrogen-bond acceptors (Lipinski definition) is 3. The largest absolute Gasteiger partial charge is 0.481 e. The lowest BCUT2D eigenvalue weighted by molar-refractivity contribution is -0.150. The van der Waals surface area contributed by atoms with E-state index in [1.807, 2.05) is 12.3 Å². The fourth-order valence-electron chi connectivity index (χ4n) is 5.61. The number of aryl methyl sites for hydroxylation is 1. The molecule has 0 aromatic heterocycles. The number of carbonyl (C=O) groups is 2. The van der Waals surface area contributed by atoms with Crippen LogP contribution in [0.4, 0.5) is 0 Å². The van der Waals surface area contributed by atoms with Gasteiger partial charge < -0.3 is 15.1 Å². The fourth-order valence-corrected chi connectivity index (χ4v) is 5.88. The summed E-state index contributed by atoms with van der Waals surface area (Å²) < 4.78 is 0. The predicted octanol–water partition coefficient (Wildman–Crippen LogP) is 6.35. The van der Waals surface area contributed by atoms with Gasteiger partial charge in [0.15, 0.2) is 0 Å². The number of aliphatic carboxylic acids is 1. The molecule has 2 aliphatic rings. The summed E-state index contributed by atoms with van der Waals surface area (Å²) in [6.45, 7) is 13.2. The molecular weight excluding hydrogens is 462 g/mol. The van der Waals surface area contributed by atoms with E-state index in [9.17, 15) is 19.8 Å². The van der Waals surface area contributed by atoms with E-state index in [1.165, 1.54) is 0 Å². The number of allylic oxidation sites excluding steroid dienone is 1. The monoisotopic (exact) mass is 503 g/mol. The van der Waals surface area contributed by atoms with Crippen LogP contribution in [0.5, 0.6) is 0 Å². The number of rotatable bonds is 9. The first kappa shape index (κ1) is 27.7. The number of carboxylic acid groups (broad SMARTS) is 1. The Morgan fingerprint density at radius 3 is 2.37 bits per heavy atom. The Hall–Kier alpha value is -1.85. The van der Waals surface area contributed by atoms with E-state index >= 15 is 0 Å². The first-order valence-corrected chi connectivity index (χ1v) is 13.2. The average Bonchev–Trinajstić information content (AvgIpc) is 2.70. The number of aliphatic hydroxyl groups is 1. The second-order valence-corrected chi connectivity index (χ2v) is 13.0. The van der Waals surface area contributed by atoms with Crippen LogP contribution in [0.2, 0.25) is 5.02 Å². The van der Waals surface area contributed by atoms with E-state index in [-0.39, 0.29) is 35.3 Å². The van der Waals surface area contributed by atoms with E-state index in [1.54, 1.807) is 4.90 Å². The summed E-state index contributed by atoms with van der Waals surface area (Å²) in [6.07, 6.45) is 6.69. The van der Waals surface area contributed by atoms with Gasteiger partial charge in [0.05, 0.1) is 5.92 Å². The second-order valence-electron chi connectivity index (χ2n) is 12.6. The van der Waals surface area contributed by atoms with Gasteiger partial charge >= 0.3 is 5.97 Å². The molecule has 1 aromatic carbocycles. The molecule has 6 heteroatoms. The third kappa shape index (κ3) is 6.11. The first-order chi connectivity index (χ1) is 16.2. The Kier molecular flexibility index (Phi) is 8.13. The van der Waals surface area contributed by atoms with Crippen molar-refractivity contribution in [3.8, 4) is 0 Å². The lowest BCUT2D eigenvalue weighted by Crippen LogP contribution is -2.52. The van der Waals surface area contributed by atoms with Crippen molar-refractivity contribution in [2.45, 2.75) is 97.9 Å². The molecule has 1 saturated carbocycles. The maximum Gasteiger partial charge on any atom is 0.306 e. The van der Waals surface area contributed by atoms with Crippen molar-refractivity contribution >= 4 is 23.5 Å². The van der Waals surface area contributed by atoms with Crippen LogP contribution < -0.4 is 0 Å². The highest BCUT2D eigenvalue weighted by Crippen LogP contribution is 2.51. The van der Waals surface area contributed by atoms with Gasteiger partial charge in [-0.3, -0.25) is 9.59 Å². The van der Waals surface area contributed by atoms with Gasteiger partial charge in [0.25, 0.3) is 0 Å². The Labute approximate surface area is 215 Å². The molecule has 0 bridgehead atoms. The number of nitrogens with zero attached hydrogens (tertiary/aromatic N) is 1. The zero-order valence-electron chi connectivity index (χ0n) is 22.2. The third-order valence-corrected chi connectivity index (χ3v) is 8.39. The van der Waals surface area contributed by atoms with Crippen molar-refractivity contribution < 1.29 is 19.8 Å². The first-order valence-electron chi connectivity index (χ1n) is 12.8. The minimum Gasteiger partial charge on any atom is -0.481 e. The van der Waals surface area contributed by atoms with Gasteiger partial charge in [0, 0.05) is 35.7 Å². The number of aliphatic hydroxyl groups excluding tert-OH is 1. The summed E-state index contributed by atoms with van der Waals surface area (Å²) >= 11 is 6.77. The molecule has 1 aromatic rings. The van der Waals surface area contributed by atoms with Crippen LogP contribution in [-0.2, 0) is 21.4 Å². The minimum absolute atomic E-state index is 0.0241. The molecule has 1 aliphatic heterocycles. The number of halogens is 1. The van der Waals surface area contributed by atoms with Crippen molar-refractivity contribution in [1.29, 1.82) is 0 Å². The van der Waals surface area contributed by atoms with Gasteiger partial charge in [0.2, 0.25) is 5.91 Å². The van der Waals surface area contributed by atoms with Gasteiger partial charge in [-0.25, -0.2) is 0 Å². The highest BCUT2D eigenvalue weighted by molar-refractivity contribution is 6.31. The zero-order chi connectivity index (χ0) is 26.2. The van der Waals surface area contributed by atoms with Crippen molar-refractivity contribution in [3.05, 3.63) is 46.1 Å². The number of amides is 1. The number of benzene rings is 1. The molecule has 1 amide bonds. The van der Waals surface area contributed by atoms with Crippen LogP contribution >= 0.6 is 11.6 Å². The SMILES string of the molecule is CC(C)(C)CCc1ccc(C2(C)CC(=O)N(C3CC(C(=O)O)C3)C=C2C(C)(C)CCCO)cc1Cl. The van der Waals surface area contributed by atoms with E-state index in [0.29, 0.717) is 25.7 Å². The summed E-state index contributed by atoms with van der Waals surface area (Å²) in [5, 5.41) is 19.5. The minimum atomic E-state index is -0.788. The van der Waals surface area contributed by atoms with E-state index in [2.05, 4.69) is 53.7 Å². The second kappa shape index (κ2) is 10.3. The van der Waals surface area contributed by atoms with Gasteiger partial charge in [-0.05, 0) is 72.1 Å². The maximum absolute atomic E-state index is 13.4. The molecule has 0 spiro atoms. The zero-order valence-corrected chi connectivity index (χ0v) is 22.9. The Morgan fingerprint density at radius 1 is 1.17 bits per heavy atom. The predicted molar refractivity (Wildman–Crippen MR) is 140 cm³/mol. The van der Waals surface area contributed by atoms with E-state index < -0.39 is 11.4 Å². The van der Waals surface area contributed by atoms with Crippen molar-refractivity contribution in [1.82, 2.24) is 4.90 Å². The van der Waals surface area contributed by atoms with Crippen LogP contribution in [0.25, 0.3) is 0 Å². The molecule has 1 aliphatic carbocycles. The molecule has 1 unspecified atom stereocenters. The molecule has 1 atom stereocenters. The molecule has 194 valence electrons. The molecule has 1 heterocycles. The van der Waals surface area contributed by atoms with Gasteiger partial charge in [-0.1, -0.05) is 65.3 Å². The summed E-state index contributed by atoms with van der Waals surface area (Å²) in [7, 11) is 0. The van der Waals surface area contributed by atoms with Crippen LogP contribution in [0, 0.1) is 16.7 Å². The lowest BCUT2D eigenvalue weighted by atomic mass is 9.61. The molecular formula is C29H42ClNO4. The van der Waals surface area contributed by atoms with Crippen molar-refractivity contribution in [2.24, 2.45) is 16.7 Å². The summed E-state index contributed by atoms with van der Waals surface area (Å²) in [6, 6.07) is 6.18. The average molecular weight is 504 g/mol. The molecule has 2 N–H and O–H groups in total. The molecule has 1 fully saturated rings. The summed E-state index contributed by atoms with van der Waals surface area (Å²) in [5.74, 6) is -1.14. The van der Waals surface area contributed by atoms with Gasteiger partial charge in [-0.2, -0.15) is 0 Å². The normalized spacial score (nSPS) is 25.3. The van der Waals surface area contributed by atoms with Gasteiger partial charge in [-0.15, -0.1) is 0 Å². The van der Waals surface area contributed by atoms with Crippen molar-refractivity contribution in [2.75, 3.05) is 6.61 Å². The highest BCUT2D eigenvalue weighted by Gasteiger charge is 2.48. The Morgan fingerprint density at radius 2 is 1.83 bits per heavy atom. The third-order valence-electron chi connectivity index (χ3n) is 8.03. The number of carboxylic acids is 1. The Bertz CT molecular complexity index is 987. The molecule has 5 nitrogen and oxygen atoms in total. The molecule has 35 heavy (non-hydrogen) atoms. The fraction of sp³-hybridized carbons (Fsp3) is 0.655.